The van der Waals surface area contributed by atoms with Crippen molar-refractivity contribution in [1.82, 2.24) is 4.98 Å². The molecule has 0 aromatic carbocycles. The highest BCUT2D eigenvalue weighted by Gasteiger charge is 2.14. The van der Waals surface area contributed by atoms with E-state index in [1.54, 1.807) is 13.0 Å². The van der Waals surface area contributed by atoms with Gasteiger partial charge in [-0.05, 0) is 19.1 Å². The third kappa shape index (κ3) is 3.89. The topological polar surface area (TPSA) is 80.1 Å². The minimum Gasteiger partial charge on any atom is -0.465 e. The van der Waals surface area contributed by atoms with E-state index in [-0.39, 0.29) is 28.7 Å². The first-order valence-electron chi connectivity index (χ1n) is 4.87. The van der Waals surface area contributed by atoms with E-state index in [1.807, 2.05) is 6.07 Å². The first-order valence-corrected chi connectivity index (χ1v) is 5.85. The van der Waals surface area contributed by atoms with E-state index in [1.165, 1.54) is 12.3 Å². The number of aromatic nitrogens is 1. The maximum absolute atomic E-state index is 11.7. The molecule has 6 heteroatoms. The van der Waals surface area contributed by atoms with Gasteiger partial charge in [0.1, 0.15) is 6.07 Å². The summed E-state index contributed by atoms with van der Waals surface area (Å²) in [4.78, 5) is 26.5. The van der Waals surface area contributed by atoms with Crippen LogP contribution in [0.1, 0.15) is 23.0 Å². The Kier molecular flexibility index (Phi) is 5.17. The van der Waals surface area contributed by atoms with Crippen molar-refractivity contribution in [3.8, 4) is 6.07 Å². The molecule has 0 aliphatic rings. The molecule has 17 heavy (non-hydrogen) atoms. The number of carbonyl (C=O) groups is 2. The summed E-state index contributed by atoms with van der Waals surface area (Å²) in [6, 6.07) is 4.90. The monoisotopic (exact) mass is 250 g/mol. The summed E-state index contributed by atoms with van der Waals surface area (Å²) in [5.41, 5.74) is 0.276. The second kappa shape index (κ2) is 6.66. The summed E-state index contributed by atoms with van der Waals surface area (Å²) in [7, 11) is 0. The Balaban J connectivity index is 2.65. The van der Waals surface area contributed by atoms with Crippen LogP contribution in [-0.2, 0) is 9.53 Å². The zero-order valence-corrected chi connectivity index (χ0v) is 9.99. The van der Waals surface area contributed by atoms with Crippen molar-refractivity contribution < 1.29 is 14.3 Å². The summed E-state index contributed by atoms with van der Waals surface area (Å²) in [6.07, 6.45) is 1.44. The summed E-state index contributed by atoms with van der Waals surface area (Å²) in [6.45, 7) is 1.98. The molecule has 0 aliphatic heterocycles. The van der Waals surface area contributed by atoms with Crippen LogP contribution in [-0.4, -0.2) is 28.4 Å². The Hall–Kier alpha value is -1.87. The number of hydrogen-bond acceptors (Lipinski definition) is 6. The van der Waals surface area contributed by atoms with Crippen molar-refractivity contribution in [1.29, 1.82) is 5.26 Å². The number of esters is 1. The van der Waals surface area contributed by atoms with Gasteiger partial charge in [0, 0.05) is 6.20 Å². The Bertz CT molecular complexity index is 468. The van der Waals surface area contributed by atoms with Gasteiger partial charge >= 0.3 is 5.97 Å². The minimum atomic E-state index is -0.451. The predicted octanol–water partition coefficient (Wildman–Crippen LogP) is 1.39. The van der Waals surface area contributed by atoms with Gasteiger partial charge in [-0.25, -0.2) is 4.98 Å². The molecule has 1 rings (SSSR count). The molecule has 1 aromatic heterocycles. The van der Waals surface area contributed by atoms with Crippen molar-refractivity contribution >= 4 is 22.8 Å². The number of nitriles is 1. The zero-order valence-electron chi connectivity index (χ0n) is 9.17. The largest absolute Gasteiger partial charge is 0.465 e. The minimum absolute atomic E-state index is 0.0631. The number of rotatable bonds is 4. The van der Waals surface area contributed by atoms with Crippen molar-refractivity contribution in [2.75, 3.05) is 12.4 Å². The fourth-order valence-corrected chi connectivity index (χ4v) is 1.72. The maximum Gasteiger partial charge on any atom is 0.316 e. The number of hydrogen-bond donors (Lipinski definition) is 0. The summed E-state index contributed by atoms with van der Waals surface area (Å²) < 4.78 is 4.69. The molecule has 1 aromatic rings. The SMILES string of the molecule is CCOC(=O)CSC(=O)c1cccnc1C#N. The van der Waals surface area contributed by atoms with Gasteiger partial charge in [-0.1, -0.05) is 11.8 Å². The first kappa shape index (κ1) is 13.2. The maximum atomic E-state index is 11.7. The number of thioether (sulfide) groups is 1. The third-order valence-electron chi connectivity index (χ3n) is 1.76. The summed E-state index contributed by atoms with van der Waals surface area (Å²) in [5, 5.41) is 8.40. The number of ether oxygens (including phenoxy) is 1. The molecule has 0 saturated heterocycles. The van der Waals surface area contributed by atoms with Crippen LogP contribution in [0.4, 0.5) is 0 Å². The highest BCUT2D eigenvalue weighted by atomic mass is 32.2. The van der Waals surface area contributed by atoms with Gasteiger partial charge in [0.2, 0.25) is 5.12 Å². The summed E-state index contributed by atoms with van der Waals surface area (Å²) in [5.74, 6) is -0.514. The Labute approximate surface area is 103 Å². The van der Waals surface area contributed by atoms with Crippen molar-refractivity contribution in [2.24, 2.45) is 0 Å². The molecule has 0 aliphatic carbocycles. The molecule has 0 unspecified atom stereocenters. The fraction of sp³-hybridized carbons (Fsp3) is 0.273. The molecule has 0 atom stereocenters. The van der Waals surface area contributed by atoms with Gasteiger partial charge < -0.3 is 4.74 Å². The Morgan fingerprint density at radius 3 is 3.00 bits per heavy atom. The standard InChI is InChI=1S/C11H10N2O3S/c1-2-16-10(14)7-17-11(15)8-4-3-5-13-9(8)6-12/h3-5H,2,7H2,1H3. The zero-order chi connectivity index (χ0) is 12.7. The van der Waals surface area contributed by atoms with Crippen molar-refractivity contribution in [3.63, 3.8) is 0 Å². The fourth-order valence-electron chi connectivity index (χ4n) is 1.06. The first-order chi connectivity index (χ1) is 8.19. The number of nitrogens with zero attached hydrogens (tertiary/aromatic N) is 2. The molecule has 0 saturated carbocycles. The average Bonchev–Trinajstić information content (AvgIpc) is 2.36. The lowest BCUT2D eigenvalue weighted by atomic mass is 10.2. The lowest BCUT2D eigenvalue weighted by Gasteiger charge is -2.02. The molecule has 5 nitrogen and oxygen atoms in total. The molecule has 1 heterocycles. The number of pyridine rings is 1. The molecule has 0 spiro atoms. The van der Waals surface area contributed by atoms with Crippen LogP contribution >= 0.6 is 11.8 Å². The molecule has 0 fully saturated rings. The molecule has 0 radical (unpaired) electrons. The molecular weight excluding hydrogens is 240 g/mol. The molecule has 0 N–H and O–H groups in total. The van der Waals surface area contributed by atoms with Crippen molar-refractivity contribution in [3.05, 3.63) is 29.6 Å². The second-order valence-electron chi connectivity index (χ2n) is 2.89. The van der Waals surface area contributed by atoms with Gasteiger partial charge in [-0.15, -0.1) is 0 Å². The Morgan fingerprint density at radius 1 is 1.59 bits per heavy atom. The van der Waals surface area contributed by atoms with Crippen LogP contribution < -0.4 is 0 Å². The highest BCUT2D eigenvalue weighted by molar-refractivity contribution is 8.14. The molecule has 88 valence electrons. The molecular formula is C11H10N2O3S. The number of carbonyl (C=O) groups excluding carboxylic acids is 2. The highest BCUT2D eigenvalue weighted by Crippen LogP contribution is 2.14. The van der Waals surface area contributed by atoms with E-state index in [4.69, 9.17) is 10.00 Å². The van der Waals surface area contributed by atoms with Crippen LogP contribution in [0, 0.1) is 11.3 Å². The average molecular weight is 250 g/mol. The van der Waals surface area contributed by atoms with Gasteiger partial charge in [0.15, 0.2) is 5.69 Å². The van der Waals surface area contributed by atoms with Crippen LogP contribution in [0.25, 0.3) is 0 Å². The van der Waals surface area contributed by atoms with Crippen LogP contribution in [0.3, 0.4) is 0 Å². The Morgan fingerprint density at radius 2 is 2.35 bits per heavy atom. The van der Waals surface area contributed by atoms with Crippen LogP contribution in [0.2, 0.25) is 0 Å². The van der Waals surface area contributed by atoms with E-state index >= 15 is 0 Å². The third-order valence-corrected chi connectivity index (χ3v) is 2.62. The van der Waals surface area contributed by atoms with E-state index in [9.17, 15) is 9.59 Å². The van der Waals surface area contributed by atoms with E-state index in [0.717, 1.165) is 11.8 Å². The smallest absolute Gasteiger partial charge is 0.316 e. The lowest BCUT2D eigenvalue weighted by Crippen LogP contribution is -2.09. The van der Waals surface area contributed by atoms with E-state index in [0.29, 0.717) is 0 Å². The van der Waals surface area contributed by atoms with Crippen LogP contribution in [0.5, 0.6) is 0 Å². The van der Waals surface area contributed by atoms with Crippen LogP contribution in [0.15, 0.2) is 18.3 Å². The molecule has 0 amide bonds. The summed E-state index contributed by atoms with van der Waals surface area (Å²) >= 11 is 0.803. The van der Waals surface area contributed by atoms with Gasteiger partial charge in [0.25, 0.3) is 0 Å². The quantitative estimate of drug-likeness (QED) is 0.751. The van der Waals surface area contributed by atoms with E-state index in [2.05, 4.69) is 4.98 Å². The van der Waals surface area contributed by atoms with Gasteiger partial charge in [-0.3, -0.25) is 9.59 Å². The van der Waals surface area contributed by atoms with Crippen molar-refractivity contribution in [2.45, 2.75) is 6.92 Å². The van der Waals surface area contributed by atoms with Gasteiger partial charge in [0.05, 0.1) is 17.9 Å². The predicted molar refractivity (Wildman–Crippen MR) is 62.4 cm³/mol. The normalized spacial score (nSPS) is 9.41. The lowest BCUT2D eigenvalue weighted by molar-refractivity contribution is -0.139. The molecule has 0 bridgehead atoms. The second-order valence-corrected chi connectivity index (χ2v) is 3.84. The van der Waals surface area contributed by atoms with E-state index < -0.39 is 5.97 Å². The van der Waals surface area contributed by atoms with Gasteiger partial charge in [-0.2, -0.15) is 5.26 Å².